The minimum Gasteiger partial charge on any atom is -0.399 e. The number of nitrogens with zero attached hydrogens (tertiary/aromatic N) is 1. The first-order valence-corrected chi connectivity index (χ1v) is 5.92. The second-order valence-corrected chi connectivity index (χ2v) is 4.40. The van der Waals surface area contributed by atoms with Crippen molar-refractivity contribution < 1.29 is 4.39 Å². The third-order valence-corrected chi connectivity index (χ3v) is 3.24. The summed E-state index contributed by atoms with van der Waals surface area (Å²) in [7, 11) is 1.95. The molecule has 0 aromatic heterocycles. The normalized spacial score (nSPS) is 12.2. The number of anilines is 2. The van der Waals surface area contributed by atoms with Gasteiger partial charge in [-0.15, -0.1) is 0 Å². The van der Waals surface area contributed by atoms with Crippen LogP contribution in [0.15, 0.2) is 48.5 Å². The minimum absolute atomic E-state index is 0.0326. The molecule has 0 aliphatic heterocycles. The van der Waals surface area contributed by atoms with Crippen molar-refractivity contribution in [1.82, 2.24) is 0 Å². The molecule has 2 nitrogen and oxygen atoms in total. The maximum Gasteiger partial charge on any atom is 0.128 e. The van der Waals surface area contributed by atoms with Crippen LogP contribution in [0.1, 0.15) is 18.5 Å². The zero-order chi connectivity index (χ0) is 13.1. The Labute approximate surface area is 107 Å². The van der Waals surface area contributed by atoms with E-state index in [1.165, 1.54) is 6.07 Å². The molecule has 1 atom stereocenters. The van der Waals surface area contributed by atoms with Gasteiger partial charge in [0, 0.05) is 24.0 Å². The second kappa shape index (κ2) is 5.08. The van der Waals surface area contributed by atoms with Crippen LogP contribution in [0.25, 0.3) is 0 Å². The van der Waals surface area contributed by atoms with E-state index in [-0.39, 0.29) is 11.9 Å². The summed E-state index contributed by atoms with van der Waals surface area (Å²) in [6.45, 7) is 1.98. The molecule has 0 saturated carbocycles. The van der Waals surface area contributed by atoms with Crippen molar-refractivity contribution in [2.75, 3.05) is 17.7 Å². The Morgan fingerprint density at radius 2 is 1.67 bits per heavy atom. The summed E-state index contributed by atoms with van der Waals surface area (Å²) in [6, 6.07) is 14.4. The van der Waals surface area contributed by atoms with Gasteiger partial charge in [-0.2, -0.15) is 0 Å². The Balaban J connectivity index is 2.26. The maximum absolute atomic E-state index is 13.7. The van der Waals surface area contributed by atoms with Crippen LogP contribution in [0.4, 0.5) is 15.8 Å². The van der Waals surface area contributed by atoms with Crippen LogP contribution in [0.3, 0.4) is 0 Å². The van der Waals surface area contributed by atoms with E-state index in [0.717, 1.165) is 11.4 Å². The Kier molecular flexibility index (Phi) is 3.51. The fraction of sp³-hybridized carbons (Fsp3) is 0.200. The van der Waals surface area contributed by atoms with Crippen molar-refractivity contribution in [1.29, 1.82) is 0 Å². The van der Waals surface area contributed by atoms with Crippen molar-refractivity contribution in [3.63, 3.8) is 0 Å². The average Bonchev–Trinajstić information content (AvgIpc) is 2.38. The summed E-state index contributed by atoms with van der Waals surface area (Å²) < 4.78 is 13.7. The van der Waals surface area contributed by atoms with Crippen LogP contribution in [0, 0.1) is 5.82 Å². The van der Waals surface area contributed by atoms with E-state index >= 15 is 0 Å². The fourth-order valence-electron chi connectivity index (χ4n) is 1.96. The SMILES string of the molecule is CC(c1ccccc1F)N(C)c1ccc(N)cc1. The first kappa shape index (κ1) is 12.4. The summed E-state index contributed by atoms with van der Waals surface area (Å²) in [5.41, 5.74) is 8.09. The van der Waals surface area contributed by atoms with E-state index in [2.05, 4.69) is 0 Å². The standard InChI is InChI=1S/C15H17FN2/c1-11(14-5-3-4-6-15(14)16)18(2)13-9-7-12(17)8-10-13/h3-11H,17H2,1-2H3. The van der Waals surface area contributed by atoms with E-state index in [4.69, 9.17) is 5.73 Å². The van der Waals surface area contributed by atoms with Crippen molar-refractivity contribution >= 4 is 11.4 Å². The number of hydrogen-bond acceptors (Lipinski definition) is 2. The monoisotopic (exact) mass is 244 g/mol. The van der Waals surface area contributed by atoms with Crippen LogP contribution in [0.5, 0.6) is 0 Å². The number of halogens is 1. The highest BCUT2D eigenvalue weighted by molar-refractivity contribution is 5.53. The van der Waals surface area contributed by atoms with Gasteiger partial charge in [-0.1, -0.05) is 18.2 Å². The lowest BCUT2D eigenvalue weighted by molar-refractivity contribution is 0.585. The van der Waals surface area contributed by atoms with Gasteiger partial charge in [0.2, 0.25) is 0 Å². The fourth-order valence-corrected chi connectivity index (χ4v) is 1.96. The summed E-state index contributed by atoms with van der Waals surface area (Å²) >= 11 is 0. The summed E-state index contributed by atoms with van der Waals surface area (Å²) in [5, 5.41) is 0. The quantitative estimate of drug-likeness (QED) is 0.836. The molecule has 0 aliphatic rings. The molecule has 0 spiro atoms. The molecule has 2 aromatic rings. The van der Waals surface area contributed by atoms with E-state index in [1.807, 2.05) is 55.3 Å². The van der Waals surface area contributed by atoms with E-state index in [0.29, 0.717) is 5.56 Å². The lowest BCUT2D eigenvalue weighted by Crippen LogP contribution is -2.22. The lowest BCUT2D eigenvalue weighted by Gasteiger charge is -2.27. The number of hydrogen-bond donors (Lipinski definition) is 1. The van der Waals surface area contributed by atoms with Gasteiger partial charge in [-0.25, -0.2) is 4.39 Å². The highest BCUT2D eigenvalue weighted by Gasteiger charge is 2.15. The third-order valence-electron chi connectivity index (χ3n) is 3.24. The zero-order valence-corrected chi connectivity index (χ0v) is 10.6. The van der Waals surface area contributed by atoms with Gasteiger partial charge >= 0.3 is 0 Å². The van der Waals surface area contributed by atoms with Crippen LogP contribution < -0.4 is 10.6 Å². The predicted octanol–water partition coefficient (Wildman–Crippen LogP) is 3.61. The molecule has 2 rings (SSSR count). The number of nitrogen functional groups attached to an aromatic ring is 1. The Bertz CT molecular complexity index is 522. The highest BCUT2D eigenvalue weighted by atomic mass is 19.1. The molecule has 0 amide bonds. The van der Waals surface area contributed by atoms with Crippen LogP contribution in [0.2, 0.25) is 0 Å². The van der Waals surface area contributed by atoms with Gasteiger partial charge < -0.3 is 10.6 Å². The topological polar surface area (TPSA) is 29.3 Å². The number of nitrogens with two attached hydrogens (primary N) is 1. The summed E-state index contributed by atoms with van der Waals surface area (Å²) in [6.07, 6.45) is 0. The lowest BCUT2D eigenvalue weighted by atomic mass is 10.1. The van der Waals surface area contributed by atoms with Crippen molar-refractivity contribution in [3.05, 3.63) is 59.9 Å². The second-order valence-electron chi connectivity index (χ2n) is 4.40. The molecule has 1 unspecified atom stereocenters. The van der Waals surface area contributed by atoms with E-state index in [1.54, 1.807) is 6.07 Å². The van der Waals surface area contributed by atoms with E-state index in [9.17, 15) is 4.39 Å². The molecule has 94 valence electrons. The molecular formula is C15H17FN2. The Hall–Kier alpha value is -2.03. The van der Waals surface area contributed by atoms with Gasteiger partial charge in [0.05, 0.1) is 6.04 Å². The van der Waals surface area contributed by atoms with Crippen molar-refractivity contribution in [2.45, 2.75) is 13.0 Å². The number of rotatable bonds is 3. The molecule has 0 bridgehead atoms. The first-order valence-electron chi connectivity index (χ1n) is 5.92. The van der Waals surface area contributed by atoms with Gasteiger partial charge in [0.25, 0.3) is 0 Å². The molecule has 18 heavy (non-hydrogen) atoms. The molecule has 0 radical (unpaired) electrons. The van der Waals surface area contributed by atoms with Gasteiger partial charge in [0.1, 0.15) is 5.82 Å². The maximum atomic E-state index is 13.7. The molecule has 2 aromatic carbocycles. The zero-order valence-electron chi connectivity index (χ0n) is 10.6. The van der Waals surface area contributed by atoms with E-state index < -0.39 is 0 Å². The van der Waals surface area contributed by atoms with Crippen molar-refractivity contribution in [2.24, 2.45) is 0 Å². The molecule has 0 saturated heterocycles. The molecule has 0 aliphatic carbocycles. The molecule has 0 fully saturated rings. The van der Waals surface area contributed by atoms with Gasteiger partial charge in [-0.05, 0) is 37.3 Å². The Morgan fingerprint density at radius 3 is 2.28 bits per heavy atom. The third kappa shape index (κ3) is 2.45. The smallest absolute Gasteiger partial charge is 0.128 e. The van der Waals surface area contributed by atoms with Crippen LogP contribution in [-0.2, 0) is 0 Å². The minimum atomic E-state index is -0.174. The molecular weight excluding hydrogens is 227 g/mol. The summed E-state index contributed by atoms with van der Waals surface area (Å²) in [5.74, 6) is -0.174. The van der Waals surface area contributed by atoms with Crippen LogP contribution >= 0.6 is 0 Å². The van der Waals surface area contributed by atoms with Gasteiger partial charge in [0.15, 0.2) is 0 Å². The molecule has 2 N–H and O–H groups in total. The molecule has 3 heteroatoms. The Morgan fingerprint density at radius 1 is 1.06 bits per heavy atom. The molecule has 0 heterocycles. The largest absolute Gasteiger partial charge is 0.399 e. The average molecular weight is 244 g/mol. The predicted molar refractivity (Wildman–Crippen MR) is 74.1 cm³/mol. The van der Waals surface area contributed by atoms with Gasteiger partial charge in [-0.3, -0.25) is 0 Å². The summed E-state index contributed by atoms with van der Waals surface area (Å²) in [4.78, 5) is 2.03. The van der Waals surface area contributed by atoms with Crippen LogP contribution in [-0.4, -0.2) is 7.05 Å². The van der Waals surface area contributed by atoms with Crippen molar-refractivity contribution in [3.8, 4) is 0 Å². The highest BCUT2D eigenvalue weighted by Crippen LogP contribution is 2.27. The number of benzene rings is 2. The first-order chi connectivity index (χ1) is 8.59.